The third kappa shape index (κ3) is 2.69. The van der Waals surface area contributed by atoms with Crippen LogP contribution in [-0.2, 0) is 4.79 Å². The van der Waals surface area contributed by atoms with Crippen LogP contribution in [0.25, 0.3) is 17.1 Å². The van der Waals surface area contributed by atoms with E-state index in [0.717, 1.165) is 18.5 Å². The molecule has 4 rings (SSSR count). The summed E-state index contributed by atoms with van der Waals surface area (Å²) in [7, 11) is 1.94. The first-order valence-corrected chi connectivity index (χ1v) is 8.49. The van der Waals surface area contributed by atoms with E-state index in [1.54, 1.807) is 4.90 Å². The Morgan fingerprint density at radius 1 is 1.14 bits per heavy atom. The van der Waals surface area contributed by atoms with Crippen LogP contribution < -0.4 is 15.1 Å². The number of likely N-dealkylation sites (N-methyl/N-ethyl adjacent to an activating group) is 1. The van der Waals surface area contributed by atoms with Gasteiger partial charge in [0.05, 0.1) is 11.6 Å². The maximum atomic E-state index is 15.0. The molecule has 0 aliphatic carbocycles. The number of ether oxygens (including phenoxy) is 1. The summed E-state index contributed by atoms with van der Waals surface area (Å²) in [5.74, 6) is -4.27. The molecule has 0 radical (unpaired) electrons. The van der Waals surface area contributed by atoms with Crippen molar-refractivity contribution < 1.29 is 28.9 Å². The number of piperazine rings is 1. The lowest BCUT2D eigenvalue weighted by Crippen LogP contribution is -2.45. The number of benzene rings is 1. The summed E-state index contributed by atoms with van der Waals surface area (Å²) in [6.07, 6.45) is 2.09. The number of anilines is 1. The number of nitrogens with zero attached hydrogens (tertiary/aromatic N) is 3. The summed E-state index contributed by atoms with van der Waals surface area (Å²) in [6, 6.07) is 0.987. The van der Waals surface area contributed by atoms with Crippen molar-refractivity contribution in [3.05, 3.63) is 39.6 Å². The summed E-state index contributed by atoms with van der Waals surface area (Å²) in [4.78, 5) is 39.2. The quantitative estimate of drug-likeness (QED) is 0.795. The van der Waals surface area contributed by atoms with E-state index in [2.05, 4.69) is 4.90 Å². The van der Waals surface area contributed by atoms with E-state index in [9.17, 15) is 24.6 Å². The van der Waals surface area contributed by atoms with Gasteiger partial charge in [-0.25, -0.2) is 14.0 Å². The molecule has 0 atom stereocenters. The van der Waals surface area contributed by atoms with Crippen LogP contribution in [0, 0.1) is 5.82 Å². The lowest BCUT2D eigenvalue weighted by molar-refractivity contribution is -0.134. The Morgan fingerprint density at radius 2 is 1.82 bits per heavy atom. The van der Waals surface area contributed by atoms with E-state index in [1.165, 1.54) is 4.57 Å². The average molecular weight is 389 g/mol. The number of aromatic nitrogens is 1. The summed E-state index contributed by atoms with van der Waals surface area (Å²) in [6.45, 7) is 2.31. The molecular formula is C18H16FN3O6. The Labute approximate surface area is 157 Å². The van der Waals surface area contributed by atoms with Crippen LogP contribution in [0.4, 0.5) is 10.1 Å². The molecule has 0 saturated carbocycles. The molecule has 146 valence electrons. The molecule has 0 spiro atoms. The van der Waals surface area contributed by atoms with Crippen molar-refractivity contribution in [2.24, 2.45) is 0 Å². The molecule has 10 heteroatoms. The first-order valence-electron chi connectivity index (χ1n) is 8.49. The minimum atomic E-state index is -1.49. The zero-order valence-corrected chi connectivity index (χ0v) is 14.8. The Bertz CT molecular complexity index is 1110. The SMILES string of the molecule is CN1CCN(c2c(F)cc3c(=O)c(C(=O)O)cn4c3c2OC(C(=O)O)=C4)CC1. The molecule has 0 unspecified atom stereocenters. The van der Waals surface area contributed by atoms with Gasteiger partial charge < -0.3 is 29.3 Å². The highest BCUT2D eigenvalue weighted by molar-refractivity contribution is 6.01. The molecule has 9 nitrogen and oxygen atoms in total. The van der Waals surface area contributed by atoms with Crippen molar-refractivity contribution in [3.8, 4) is 5.75 Å². The van der Waals surface area contributed by atoms with Crippen LogP contribution in [-0.4, -0.2) is 64.8 Å². The van der Waals surface area contributed by atoms with Gasteiger partial charge in [0.1, 0.15) is 16.8 Å². The van der Waals surface area contributed by atoms with Gasteiger partial charge in [-0.2, -0.15) is 0 Å². The normalized spacial score (nSPS) is 16.6. The maximum absolute atomic E-state index is 15.0. The molecule has 3 heterocycles. The van der Waals surface area contributed by atoms with E-state index >= 15 is 4.39 Å². The van der Waals surface area contributed by atoms with Crippen molar-refractivity contribution in [2.45, 2.75) is 0 Å². The van der Waals surface area contributed by atoms with E-state index in [0.29, 0.717) is 26.2 Å². The van der Waals surface area contributed by atoms with Crippen molar-refractivity contribution in [1.29, 1.82) is 0 Å². The van der Waals surface area contributed by atoms with Gasteiger partial charge in [-0.05, 0) is 13.1 Å². The Morgan fingerprint density at radius 3 is 2.43 bits per heavy atom. The molecule has 0 bridgehead atoms. The molecule has 0 amide bonds. The van der Waals surface area contributed by atoms with E-state index in [-0.39, 0.29) is 22.3 Å². The third-order valence-corrected chi connectivity index (χ3v) is 4.93. The predicted molar refractivity (Wildman–Crippen MR) is 97.4 cm³/mol. The molecule has 2 aliphatic heterocycles. The van der Waals surface area contributed by atoms with Crippen LogP contribution in [0.5, 0.6) is 5.75 Å². The number of hydrogen-bond acceptors (Lipinski definition) is 6. The molecule has 1 aromatic carbocycles. The number of halogens is 1. The minimum Gasteiger partial charge on any atom is -0.477 e. The molecule has 1 aromatic heterocycles. The number of aromatic carboxylic acids is 1. The molecule has 1 saturated heterocycles. The molecule has 2 N–H and O–H groups in total. The first-order chi connectivity index (χ1) is 13.3. The lowest BCUT2D eigenvalue weighted by atomic mass is 10.1. The second-order valence-electron chi connectivity index (χ2n) is 6.71. The minimum absolute atomic E-state index is 0.0590. The van der Waals surface area contributed by atoms with Gasteiger partial charge in [0.15, 0.2) is 11.6 Å². The number of carboxylic acid groups (broad SMARTS) is 2. The molecule has 1 fully saturated rings. The highest BCUT2D eigenvalue weighted by Gasteiger charge is 2.31. The van der Waals surface area contributed by atoms with E-state index in [1.807, 2.05) is 7.05 Å². The largest absolute Gasteiger partial charge is 0.477 e. The third-order valence-electron chi connectivity index (χ3n) is 4.93. The second-order valence-corrected chi connectivity index (χ2v) is 6.71. The fraction of sp³-hybridized carbons (Fsp3) is 0.278. The predicted octanol–water partition coefficient (Wildman–Crippen LogP) is 0.866. The van der Waals surface area contributed by atoms with Gasteiger partial charge in [0.2, 0.25) is 11.2 Å². The number of hydrogen-bond donors (Lipinski definition) is 2. The number of carbonyl (C=O) groups is 2. The standard InChI is InChI=1S/C18H16FN3O6/c1-20-2-4-21(5-3-20)14-11(19)6-9-13-16(14)28-12(18(26)27)8-22(13)7-10(15(9)23)17(24)25/h6-8H,2-5H2,1H3,(H,24,25)(H,26,27). The summed E-state index contributed by atoms with van der Waals surface area (Å²) in [5.41, 5.74) is -1.26. The fourth-order valence-electron chi connectivity index (χ4n) is 3.48. The van der Waals surface area contributed by atoms with Crippen molar-refractivity contribution in [1.82, 2.24) is 9.47 Å². The Balaban J connectivity index is 2.03. The highest BCUT2D eigenvalue weighted by Crippen LogP contribution is 2.41. The lowest BCUT2D eigenvalue weighted by Gasteiger charge is -2.35. The Hall–Kier alpha value is -3.40. The fourth-order valence-corrected chi connectivity index (χ4v) is 3.48. The zero-order valence-electron chi connectivity index (χ0n) is 14.8. The number of aliphatic carboxylic acids is 1. The summed E-state index contributed by atoms with van der Waals surface area (Å²) < 4.78 is 21.7. The molecule has 2 aliphatic rings. The zero-order chi connectivity index (χ0) is 20.2. The monoisotopic (exact) mass is 389 g/mol. The number of rotatable bonds is 3. The summed E-state index contributed by atoms with van der Waals surface area (Å²) >= 11 is 0. The molecular weight excluding hydrogens is 373 g/mol. The van der Waals surface area contributed by atoms with Gasteiger partial charge in [0.25, 0.3) is 0 Å². The van der Waals surface area contributed by atoms with E-state index < -0.39 is 34.5 Å². The van der Waals surface area contributed by atoms with Crippen molar-refractivity contribution in [3.63, 3.8) is 0 Å². The number of carboxylic acids is 2. The van der Waals surface area contributed by atoms with Crippen LogP contribution in [0.1, 0.15) is 10.4 Å². The van der Waals surface area contributed by atoms with Gasteiger partial charge in [-0.3, -0.25) is 4.79 Å². The van der Waals surface area contributed by atoms with Crippen LogP contribution in [0.2, 0.25) is 0 Å². The van der Waals surface area contributed by atoms with Gasteiger partial charge in [-0.1, -0.05) is 0 Å². The smallest absolute Gasteiger partial charge is 0.373 e. The van der Waals surface area contributed by atoms with E-state index in [4.69, 9.17) is 4.74 Å². The summed E-state index contributed by atoms with van der Waals surface area (Å²) in [5, 5.41) is 18.4. The van der Waals surface area contributed by atoms with Crippen LogP contribution >= 0.6 is 0 Å². The molecule has 2 aromatic rings. The number of pyridine rings is 1. The van der Waals surface area contributed by atoms with Gasteiger partial charge in [-0.15, -0.1) is 0 Å². The Kier molecular flexibility index (Phi) is 4.07. The average Bonchev–Trinajstić information content (AvgIpc) is 2.64. The first kappa shape index (κ1) is 18.0. The van der Waals surface area contributed by atoms with Crippen molar-refractivity contribution >= 4 is 34.7 Å². The van der Waals surface area contributed by atoms with Crippen LogP contribution in [0.15, 0.2) is 22.8 Å². The molecule has 28 heavy (non-hydrogen) atoms. The van der Waals surface area contributed by atoms with Gasteiger partial charge in [0, 0.05) is 32.4 Å². The second kappa shape index (κ2) is 6.34. The van der Waals surface area contributed by atoms with Crippen molar-refractivity contribution in [2.75, 3.05) is 38.1 Å². The maximum Gasteiger partial charge on any atom is 0.373 e. The highest BCUT2D eigenvalue weighted by atomic mass is 19.1. The topological polar surface area (TPSA) is 112 Å². The van der Waals surface area contributed by atoms with Crippen LogP contribution in [0.3, 0.4) is 0 Å². The van der Waals surface area contributed by atoms with Gasteiger partial charge >= 0.3 is 11.9 Å².